The molecule has 0 saturated heterocycles. The molecule has 0 saturated carbocycles. The number of fused-ring (bicyclic) bond motifs is 1. The fraction of sp³-hybridized carbons (Fsp3) is 0.105. The highest BCUT2D eigenvalue weighted by atomic mass is 35.5. The number of carbonyl (C=O) groups excluding carboxylic acids is 1. The first-order valence-electron chi connectivity index (χ1n) is 7.75. The van der Waals surface area contributed by atoms with Crippen molar-refractivity contribution in [3.05, 3.63) is 75.2 Å². The number of hydrogen-bond donors (Lipinski definition) is 2. The number of thiophene rings is 1. The molecule has 3 nitrogen and oxygen atoms in total. The second-order valence-corrected chi connectivity index (χ2v) is 7.91. The van der Waals surface area contributed by atoms with E-state index in [1.165, 1.54) is 12.6 Å². The van der Waals surface area contributed by atoms with E-state index in [2.05, 4.69) is 16.9 Å². The summed E-state index contributed by atoms with van der Waals surface area (Å²) >= 11 is 18.1. The van der Waals surface area contributed by atoms with Gasteiger partial charge in [-0.25, -0.2) is 0 Å². The van der Waals surface area contributed by atoms with Crippen LogP contribution in [-0.4, -0.2) is 17.2 Å². The number of hydrogen-bond acceptors (Lipinski definition) is 3. The quantitative estimate of drug-likeness (QED) is 0.338. The van der Waals surface area contributed by atoms with Gasteiger partial charge in [-0.3, -0.25) is 4.79 Å². The van der Waals surface area contributed by atoms with Crippen LogP contribution >= 0.6 is 54.9 Å². The van der Waals surface area contributed by atoms with Crippen molar-refractivity contribution in [2.45, 2.75) is 5.66 Å². The second-order valence-electron chi connectivity index (χ2n) is 5.29. The fourth-order valence-corrected chi connectivity index (χ4v) is 4.70. The van der Waals surface area contributed by atoms with Crippen molar-refractivity contribution < 1.29 is 9.69 Å². The number of rotatable bonds is 5. The first-order valence-corrected chi connectivity index (χ1v) is 11.2. The van der Waals surface area contributed by atoms with Crippen LogP contribution in [-0.2, 0) is 4.79 Å². The third kappa shape index (κ3) is 5.92. The largest absolute Gasteiger partial charge is 0.376 e. The molecule has 0 spiro atoms. The number of carbonyl (C=O) groups is 1. The maximum atomic E-state index is 12.5. The predicted octanol–water partition coefficient (Wildman–Crippen LogP) is 6.48. The molecule has 0 aliphatic rings. The van der Waals surface area contributed by atoms with E-state index in [0.717, 1.165) is 21.2 Å². The monoisotopic (exact) mass is 459 g/mol. The Balaban J connectivity index is 0.00000126. The van der Waals surface area contributed by atoms with Crippen molar-refractivity contribution >= 4 is 77.0 Å². The molecule has 2 atom stereocenters. The van der Waals surface area contributed by atoms with E-state index in [9.17, 15) is 9.69 Å². The third-order valence-corrected chi connectivity index (χ3v) is 5.85. The van der Waals surface area contributed by atoms with Gasteiger partial charge in [-0.05, 0) is 52.2 Å². The van der Waals surface area contributed by atoms with Crippen molar-refractivity contribution in [1.29, 1.82) is 0 Å². The van der Waals surface area contributed by atoms with Gasteiger partial charge in [0.05, 0.1) is 0 Å². The molecule has 3 aromatic rings. The van der Waals surface area contributed by atoms with Gasteiger partial charge in [-0.15, -0.1) is 22.9 Å². The van der Waals surface area contributed by atoms with E-state index >= 15 is 0 Å². The van der Waals surface area contributed by atoms with Gasteiger partial charge in [0, 0.05) is 36.1 Å². The molecule has 0 fully saturated rings. The van der Waals surface area contributed by atoms with Gasteiger partial charge in [0.1, 0.15) is 5.66 Å². The maximum absolute atomic E-state index is 12.5. The molecule has 8 heteroatoms. The van der Waals surface area contributed by atoms with Crippen molar-refractivity contribution in [3.63, 3.8) is 0 Å². The lowest BCUT2D eigenvalue weighted by atomic mass is 10.1. The molecule has 2 unspecified atom stereocenters. The lowest BCUT2D eigenvalue weighted by molar-refractivity contribution is -0.119. The molecule has 0 aliphatic heterocycles. The molecule has 0 radical (unpaired) electrons. The van der Waals surface area contributed by atoms with Gasteiger partial charge in [0.25, 0.3) is 0 Å². The highest BCUT2D eigenvalue weighted by molar-refractivity contribution is 7.33. The Hall–Kier alpha value is -1.13. The summed E-state index contributed by atoms with van der Waals surface area (Å²) in [5.74, 6) is -0.256. The molecule has 0 aliphatic carbocycles. The van der Waals surface area contributed by atoms with Crippen molar-refractivity contribution in [2.75, 3.05) is 6.38 Å². The van der Waals surface area contributed by atoms with Gasteiger partial charge in [-0.2, -0.15) is 0 Å². The minimum atomic E-state index is -0.594. The van der Waals surface area contributed by atoms with Gasteiger partial charge < -0.3 is 10.2 Å². The second kappa shape index (κ2) is 11.0. The normalized spacial score (nSPS) is 12.3. The van der Waals surface area contributed by atoms with Crippen LogP contribution in [0, 0.1) is 0 Å². The number of alkyl halides is 1. The van der Waals surface area contributed by atoms with E-state index < -0.39 is 14.5 Å². The SMILES string of the molecule is CCl.O=C(N/C=C/c1cc(Cl)cc(Cl)c1)C(PO)c1csc2ccccc12. The van der Waals surface area contributed by atoms with E-state index in [0.29, 0.717) is 10.0 Å². The molecule has 1 amide bonds. The number of nitrogens with one attached hydrogen (secondary N) is 1. The van der Waals surface area contributed by atoms with E-state index in [-0.39, 0.29) is 5.91 Å². The minimum absolute atomic E-state index is 0.256. The summed E-state index contributed by atoms with van der Waals surface area (Å²) in [6.45, 7) is 0. The van der Waals surface area contributed by atoms with Crippen molar-refractivity contribution in [2.24, 2.45) is 0 Å². The molecule has 1 heterocycles. The third-order valence-electron chi connectivity index (χ3n) is 3.60. The molecule has 2 N–H and O–H groups in total. The molecule has 0 bridgehead atoms. The molecule has 27 heavy (non-hydrogen) atoms. The van der Waals surface area contributed by atoms with Crippen molar-refractivity contribution in [3.8, 4) is 0 Å². The Labute approximate surface area is 178 Å². The van der Waals surface area contributed by atoms with Crippen LogP contribution in [0.15, 0.2) is 54.0 Å². The Morgan fingerprint density at radius 1 is 1.19 bits per heavy atom. The summed E-state index contributed by atoms with van der Waals surface area (Å²) in [5.41, 5.74) is 1.03. The number of halogens is 3. The first kappa shape index (κ1) is 22.2. The average Bonchev–Trinajstić information content (AvgIpc) is 3.07. The van der Waals surface area contributed by atoms with Gasteiger partial charge in [-0.1, -0.05) is 41.4 Å². The lowest BCUT2D eigenvalue weighted by Crippen LogP contribution is -2.22. The average molecular weight is 461 g/mol. The molecular weight excluding hydrogens is 444 g/mol. The highest BCUT2D eigenvalue weighted by Crippen LogP contribution is 2.39. The Morgan fingerprint density at radius 3 is 2.52 bits per heavy atom. The summed E-state index contributed by atoms with van der Waals surface area (Å²) in [6.07, 6.45) is 4.71. The lowest BCUT2D eigenvalue weighted by Gasteiger charge is -2.12. The zero-order valence-electron chi connectivity index (χ0n) is 14.2. The Bertz CT molecular complexity index is 925. The topological polar surface area (TPSA) is 49.3 Å². The fourth-order valence-electron chi connectivity index (χ4n) is 2.47. The highest BCUT2D eigenvalue weighted by Gasteiger charge is 2.22. The van der Waals surface area contributed by atoms with E-state index in [1.807, 2.05) is 29.6 Å². The van der Waals surface area contributed by atoms with Crippen LogP contribution in [0.3, 0.4) is 0 Å². The van der Waals surface area contributed by atoms with Crippen LogP contribution in [0.25, 0.3) is 16.2 Å². The van der Waals surface area contributed by atoms with Crippen LogP contribution in [0.2, 0.25) is 10.0 Å². The zero-order valence-corrected chi connectivity index (χ0v) is 18.3. The van der Waals surface area contributed by atoms with Gasteiger partial charge in [0.15, 0.2) is 0 Å². The first-order chi connectivity index (χ1) is 13.1. The standard InChI is InChI=1S/C18H14Cl2NO2PS.CH3Cl/c19-12-7-11(8-13(20)9-12)5-6-21-18(22)17(24-23)15-10-25-16-4-2-1-3-14(15)16;1-2/h1-10,17,23-24H,(H,21,22);1H3/b6-5+;. The Morgan fingerprint density at radius 2 is 1.85 bits per heavy atom. The molecule has 1 aromatic heterocycles. The zero-order chi connectivity index (χ0) is 19.8. The summed E-state index contributed by atoms with van der Waals surface area (Å²) in [5, 5.41) is 6.70. The summed E-state index contributed by atoms with van der Waals surface area (Å²) in [6, 6.07) is 13.0. The number of amides is 1. The Kier molecular flexibility index (Phi) is 9.04. The van der Waals surface area contributed by atoms with Crippen molar-refractivity contribution in [1.82, 2.24) is 5.32 Å². The molecule has 142 valence electrons. The van der Waals surface area contributed by atoms with Crippen LogP contribution < -0.4 is 5.32 Å². The van der Waals surface area contributed by atoms with Crippen LogP contribution in [0.5, 0.6) is 0 Å². The maximum Gasteiger partial charge on any atom is 0.237 e. The van der Waals surface area contributed by atoms with Crippen LogP contribution in [0.4, 0.5) is 0 Å². The summed E-state index contributed by atoms with van der Waals surface area (Å²) in [7, 11) is -0.521. The summed E-state index contributed by atoms with van der Waals surface area (Å²) < 4.78 is 1.10. The molecular formula is C19H17Cl3NO2PS. The summed E-state index contributed by atoms with van der Waals surface area (Å²) in [4.78, 5) is 22.2. The van der Waals surface area contributed by atoms with Gasteiger partial charge >= 0.3 is 0 Å². The minimum Gasteiger partial charge on any atom is -0.376 e. The molecule has 3 rings (SSSR count). The predicted molar refractivity (Wildman–Crippen MR) is 121 cm³/mol. The number of benzene rings is 2. The van der Waals surface area contributed by atoms with Crippen LogP contribution in [0.1, 0.15) is 16.8 Å². The molecule has 2 aromatic carbocycles. The van der Waals surface area contributed by atoms with E-state index in [1.54, 1.807) is 35.6 Å². The van der Waals surface area contributed by atoms with Gasteiger partial charge in [0.2, 0.25) is 5.91 Å². The smallest absolute Gasteiger partial charge is 0.237 e. The van der Waals surface area contributed by atoms with E-state index in [4.69, 9.17) is 23.2 Å².